The standard InChI is InChI=1S/C25H31N3O5S/c1-17-4-6-20(7-5-17)12-26-24(29)15-28-22-11-21(8-9-23(22)33-16-25(28)30)34(31,32)27-13-18(2)10-19(3)14-27/h4-9,11,18-19H,10,12-16H2,1-3H3,(H,26,29)/t18-,19+. The summed E-state index contributed by atoms with van der Waals surface area (Å²) >= 11 is 0. The van der Waals surface area contributed by atoms with Gasteiger partial charge in [0.2, 0.25) is 15.9 Å². The summed E-state index contributed by atoms with van der Waals surface area (Å²) in [6.07, 6.45) is 0.990. The number of carbonyl (C=O) groups excluding carboxylic acids is 2. The highest BCUT2D eigenvalue weighted by atomic mass is 32.2. The summed E-state index contributed by atoms with van der Waals surface area (Å²) in [7, 11) is -3.74. The van der Waals surface area contributed by atoms with E-state index in [-0.39, 0.29) is 35.8 Å². The third kappa shape index (κ3) is 5.26. The van der Waals surface area contributed by atoms with Gasteiger partial charge in [-0.2, -0.15) is 4.31 Å². The predicted molar refractivity (Wildman–Crippen MR) is 129 cm³/mol. The second-order valence-electron chi connectivity index (χ2n) is 9.43. The molecule has 2 aliphatic heterocycles. The number of piperidine rings is 1. The second-order valence-corrected chi connectivity index (χ2v) is 11.4. The number of amides is 2. The first-order valence-corrected chi connectivity index (χ1v) is 13.0. The minimum atomic E-state index is -3.74. The highest BCUT2D eigenvalue weighted by Crippen LogP contribution is 2.36. The van der Waals surface area contributed by atoms with Gasteiger partial charge in [-0.05, 0) is 48.9 Å². The fraction of sp³-hybridized carbons (Fsp3) is 0.440. The van der Waals surface area contributed by atoms with Crippen molar-refractivity contribution in [3.05, 3.63) is 53.6 Å². The number of anilines is 1. The van der Waals surface area contributed by atoms with Crippen LogP contribution >= 0.6 is 0 Å². The fourth-order valence-corrected chi connectivity index (χ4v) is 6.27. The number of aryl methyl sites for hydroxylation is 1. The second kappa shape index (κ2) is 9.76. The molecule has 2 atom stereocenters. The van der Waals surface area contributed by atoms with Gasteiger partial charge in [-0.3, -0.25) is 14.5 Å². The van der Waals surface area contributed by atoms with Gasteiger partial charge in [0.1, 0.15) is 12.3 Å². The number of fused-ring (bicyclic) bond motifs is 1. The lowest BCUT2D eigenvalue weighted by molar-refractivity contribution is -0.125. The molecule has 0 aromatic heterocycles. The number of benzene rings is 2. The van der Waals surface area contributed by atoms with E-state index in [0.717, 1.165) is 17.5 Å². The van der Waals surface area contributed by atoms with Crippen molar-refractivity contribution >= 4 is 27.5 Å². The van der Waals surface area contributed by atoms with Crippen LogP contribution in [-0.2, 0) is 26.2 Å². The number of nitrogens with one attached hydrogen (secondary N) is 1. The Morgan fingerprint density at radius 1 is 1.09 bits per heavy atom. The maximum atomic E-state index is 13.4. The maximum Gasteiger partial charge on any atom is 0.265 e. The Hall–Kier alpha value is -2.91. The third-order valence-electron chi connectivity index (χ3n) is 6.26. The topological polar surface area (TPSA) is 96.0 Å². The molecule has 1 saturated heterocycles. The number of hydrogen-bond donors (Lipinski definition) is 1. The SMILES string of the molecule is Cc1ccc(CNC(=O)CN2C(=O)COc3ccc(S(=O)(=O)N4C[C@H](C)C[C@H](C)C4)cc32)cc1. The predicted octanol–water partition coefficient (Wildman–Crippen LogP) is 2.70. The molecule has 0 spiro atoms. The molecule has 0 saturated carbocycles. The van der Waals surface area contributed by atoms with Crippen LogP contribution in [0.1, 0.15) is 31.4 Å². The summed E-state index contributed by atoms with van der Waals surface area (Å²) in [5.74, 6) is 0.191. The average Bonchev–Trinajstić information content (AvgIpc) is 2.79. The van der Waals surface area contributed by atoms with E-state index in [0.29, 0.717) is 31.1 Å². The monoisotopic (exact) mass is 485 g/mol. The lowest BCUT2D eigenvalue weighted by atomic mass is 9.94. The molecule has 9 heteroatoms. The molecule has 0 aliphatic carbocycles. The van der Waals surface area contributed by atoms with E-state index in [1.165, 1.54) is 21.3 Å². The molecule has 2 aliphatic rings. The van der Waals surface area contributed by atoms with Gasteiger partial charge >= 0.3 is 0 Å². The zero-order valence-electron chi connectivity index (χ0n) is 19.8. The van der Waals surface area contributed by atoms with Crippen molar-refractivity contribution < 1.29 is 22.7 Å². The van der Waals surface area contributed by atoms with Gasteiger partial charge in [0.05, 0.1) is 10.6 Å². The summed E-state index contributed by atoms with van der Waals surface area (Å²) in [4.78, 5) is 26.6. The van der Waals surface area contributed by atoms with E-state index in [1.54, 1.807) is 6.07 Å². The molecule has 4 rings (SSSR count). The van der Waals surface area contributed by atoms with Crippen LogP contribution in [0.4, 0.5) is 5.69 Å². The van der Waals surface area contributed by atoms with Crippen LogP contribution in [0.3, 0.4) is 0 Å². The highest BCUT2D eigenvalue weighted by molar-refractivity contribution is 7.89. The molecule has 34 heavy (non-hydrogen) atoms. The third-order valence-corrected chi connectivity index (χ3v) is 8.09. The largest absolute Gasteiger partial charge is 0.482 e. The van der Waals surface area contributed by atoms with Gasteiger partial charge < -0.3 is 10.1 Å². The number of carbonyl (C=O) groups is 2. The van der Waals surface area contributed by atoms with E-state index in [1.807, 2.05) is 31.2 Å². The van der Waals surface area contributed by atoms with Crippen LogP contribution in [0.15, 0.2) is 47.4 Å². The Bertz CT molecular complexity index is 1170. The molecule has 1 N–H and O–H groups in total. The molecular weight excluding hydrogens is 454 g/mol. The Labute approximate surface area is 200 Å². The molecule has 2 amide bonds. The number of nitrogens with zero attached hydrogens (tertiary/aromatic N) is 2. The van der Waals surface area contributed by atoms with E-state index in [9.17, 15) is 18.0 Å². The van der Waals surface area contributed by atoms with E-state index in [2.05, 4.69) is 19.2 Å². The molecule has 8 nitrogen and oxygen atoms in total. The number of sulfonamides is 1. The molecule has 182 valence electrons. The quantitative estimate of drug-likeness (QED) is 0.679. The summed E-state index contributed by atoms with van der Waals surface area (Å²) in [6, 6.07) is 12.3. The van der Waals surface area contributed by atoms with E-state index >= 15 is 0 Å². The Morgan fingerprint density at radius 2 is 1.76 bits per heavy atom. The van der Waals surface area contributed by atoms with Crippen LogP contribution in [0.5, 0.6) is 5.75 Å². The molecule has 2 aromatic carbocycles. The first-order valence-electron chi connectivity index (χ1n) is 11.5. The van der Waals surface area contributed by atoms with Gasteiger partial charge in [-0.1, -0.05) is 43.7 Å². The van der Waals surface area contributed by atoms with Crippen molar-refractivity contribution in [2.75, 3.05) is 31.1 Å². The first-order chi connectivity index (χ1) is 16.1. The maximum absolute atomic E-state index is 13.4. The van der Waals surface area contributed by atoms with Crippen molar-refractivity contribution in [2.45, 2.75) is 38.6 Å². The molecule has 0 bridgehead atoms. The van der Waals surface area contributed by atoms with Gasteiger partial charge in [0.15, 0.2) is 6.61 Å². The van der Waals surface area contributed by atoms with E-state index in [4.69, 9.17) is 4.74 Å². The zero-order chi connectivity index (χ0) is 24.5. The summed E-state index contributed by atoms with van der Waals surface area (Å²) in [5.41, 5.74) is 2.37. The van der Waals surface area contributed by atoms with Gasteiger partial charge in [0, 0.05) is 19.6 Å². The van der Waals surface area contributed by atoms with E-state index < -0.39 is 15.9 Å². The lowest BCUT2D eigenvalue weighted by Gasteiger charge is -2.34. The minimum Gasteiger partial charge on any atom is -0.482 e. The van der Waals surface area contributed by atoms with Gasteiger partial charge in [-0.15, -0.1) is 0 Å². The van der Waals surface area contributed by atoms with Crippen LogP contribution in [0.25, 0.3) is 0 Å². The molecule has 1 fully saturated rings. The van der Waals surface area contributed by atoms with Crippen molar-refractivity contribution in [3.8, 4) is 5.75 Å². The molecule has 0 unspecified atom stereocenters. The van der Waals surface area contributed by atoms with Crippen LogP contribution in [0, 0.1) is 18.8 Å². The Morgan fingerprint density at radius 3 is 2.44 bits per heavy atom. The normalized spacial score (nSPS) is 21.0. The minimum absolute atomic E-state index is 0.0934. The van der Waals surface area contributed by atoms with Crippen molar-refractivity contribution in [2.24, 2.45) is 11.8 Å². The lowest BCUT2D eigenvalue weighted by Crippen LogP contribution is -2.45. The number of rotatable bonds is 6. The van der Waals surface area contributed by atoms with Crippen molar-refractivity contribution in [1.82, 2.24) is 9.62 Å². The highest BCUT2D eigenvalue weighted by Gasteiger charge is 2.34. The summed E-state index contributed by atoms with van der Waals surface area (Å²) < 4.78 is 33.7. The van der Waals surface area contributed by atoms with Crippen molar-refractivity contribution in [3.63, 3.8) is 0 Å². The van der Waals surface area contributed by atoms with Crippen LogP contribution in [-0.4, -0.2) is 50.8 Å². The smallest absolute Gasteiger partial charge is 0.265 e. The molecule has 2 heterocycles. The first kappa shape index (κ1) is 24.2. The van der Waals surface area contributed by atoms with Gasteiger partial charge in [0.25, 0.3) is 5.91 Å². The summed E-state index contributed by atoms with van der Waals surface area (Å²) in [6.45, 7) is 6.93. The number of ether oxygens (including phenoxy) is 1. The van der Waals surface area contributed by atoms with Crippen LogP contribution in [0.2, 0.25) is 0 Å². The number of hydrogen-bond acceptors (Lipinski definition) is 5. The fourth-order valence-electron chi connectivity index (χ4n) is 4.57. The Balaban J connectivity index is 1.53. The molecule has 0 radical (unpaired) electrons. The Kier molecular flexibility index (Phi) is 6.95. The molecular formula is C25H31N3O5S. The molecule has 2 aromatic rings. The van der Waals surface area contributed by atoms with Crippen molar-refractivity contribution in [1.29, 1.82) is 0 Å². The van der Waals surface area contributed by atoms with Gasteiger partial charge in [-0.25, -0.2) is 8.42 Å². The zero-order valence-corrected chi connectivity index (χ0v) is 20.6. The summed E-state index contributed by atoms with van der Waals surface area (Å²) in [5, 5.41) is 2.82. The van der Waals surface area contributed by atoms with Crippen LogP contribution < -0.4 is 15.0 Å². The average molecular weight is 486 g/mol.